The summed E-state index contributed by atoms with van der Waals surface area (Å²) < 4.78 is 11.4. The van der Waals surface area contributed by atoms with Crippen molar-refractivity contribution in [1.29, 1.82) is 0 Å². The van der Waals surface area contributed by atoms with Gasteiger partial charge in [-0.2, -0.15) is 0 Å². The molecule has 3 rings (SSSR count). The molecule has 1 fully saturated rings. The molecular formula is C23H27ClN2O4. The standard InChI is InChI=1S/C23H27ClN2O4/c1-2-29-21-14-18(23(28)25-15-17-6-9-19(24)10-7-17)8-11-20(21)30-16-22(27)26-12-4-3-5-13-26/h6-11,14H,2-5,12-13,15-16H2,1H3,(H,25,28). The highest BCUT2D eigenvalue weighted by Crippen LogP contribution is 2.29. The van der Waals surface area contributed by atoms with Crippen LogP contribution < -0.4 is 14.8 Å². The van der Waals surface area contributed by atoms with Crippen molar-refractivity contribution in [2.24, 2.45) is 0 Å². The van der Waals surface area contributed by atoms with Crippen LogP contribution in [-0.2, 0) is 11.3 Å². The van der Waals surface area contributed by atoms with Crippen molar-refractivity contribution in [1.82, 2.24) is 10.2 Å². The monoisotopic (exact) mass is 430 g/mol. The van der Waals surface area contributed by atoms with Crippen LogP contribution in [0, 0.1) is 0 Å². The summed E-state index contributed by atoms with van der Waals surface area (Å²) in [5.41, 5.74) is 1.41. The van der Waals surface area contributed by atoms with Crippen LogP contribution in [0.25, 0.3) is 0 Å². The lowest BCUT2D eigenvalue weighted by molar-refractivity contribution is -0.134. The van der Waals surface area contributed by atoms with Crippen LogP contribution in [0.2, 0.25) is 5.02 Å². The molecule has 1 N–H and O–H groups in total. The Balaban J connectivity index is 1.61. The van der Waals surface area contributed by atoms with Gasteiger partial charge in [-0.1, -0.05) is 23.7 Å². The number of hydrogen-bond acceptors (Lipinski definition) is 4. The molecule has 1 saturated heterocycles. The van der Waals surface area contributed by atoms with E-state index in [4.69, 9.17) is 21.1 Å². The van der Waals surface area contributed by atoms with Crippen molar-refractivity contribution < 1.29 is 19.1 Å². The molecule has 2 aromatic rings. The van der Waals surface area contributed by atoms with Crippen LogP contribution in [-0.4, -0.2) is 43.0 Å². The van der Waals surface area contributed by atoms with E-state index in [-0.39, 0.29) is 18.4 Å². The van der Waals surface area contributed by atoms with Gasteiger partial charge in [-0.05, 0) is 62.1 Å². The Bertz CT molecular complexity index is 864. The third-order valence-electron chi connectivity index (χ3n) is 4.93. The van der Waals surface area contributed by atoms with E-state index in [2.05, 4.69) is 5.32 Å². The summed E-state index contributed by atoms with van der Waals surface area (Å²) in [5, 5.41) is 3.53. The molecule has 1 aliphatic rings. The summed E-state index contributed by atoms with van der Waals surface area (Å²) in [7, 11) is 0. The zero-order valence-electron chi connectivity index (χ0n) is 17.2. The van der Waals surface area contributed by atoms with E-state index in [1.165, 1.54) is 6.42 Å². The van der Waals surface area contributed by atoms with Gasteiger partial charge >= 0.3 is 0 Å². The smallest absolute Gasteiger partial charge is 0.260 e. The highest BCUT2D eigenvalue weighted by atomic mass is 35.5. The summed E-state index contributed by atoms with van der Waals surface area (Å²) in [5.74, 6) is 0.656. The number of carbonyl (C=O) groups is 2. The van der Waals surface area contributed by atoms with Gasteiger partial charge < -0.3 is 19.7 Å². The molecule has 0 bridgehead atoms. The Morgan fingerprint density at radius 3 is 2.43 bits per heavy atom. The van der Waals surface area contributed by atoms with Gasteiger partial charge in [0.05, 0.1) is 6.61 Å². The van der Waals surface area contributed by atoms with Gasteiger partial charge in [0.15, 0.2) is 18.1 Å². The Morgan fingerprint density at radius 2 is 1.73 bits per heavy atom. The minimum atomic E-state index is -0.221. The molecule has 30 heavy (non-hydrogen) atoms. The first-order valence-electron chi connectivity index (χ1n) is 10.3. The number of carbonyl (C=O) groups excluding carboxylic acids is 2. The van der Waals surface area contributed by atoms with Crippen molar-refractivity contribution in [2.45, 2.75) is 32.7 Å². The fraction of sp³-hybridized carbons (Fsp3) is 0.391. The van der Waals surface area contributed by atoms with Crippen LogP contribution in [0.3, 0.4) is 0 Å². The minimum absolute atomic E-state index is 0.0260. The van der Waals surface area contributed by atoms with Crippen molar-refractivity contribution in [2.75, 3.05) is 26.3 Å². The average Bonchev–Trinajstić information content (AvgIpc) is 2.78. The van der Waals surface area contributed by atoms with Gasteiger partial charge in [0.1, 0.15) is 0 Å². The number of hydrogen-bond donors (Lipinski definition) is 1. The Hall–Kier alpha value is -2.73. The zero-order chi connectivity index (χ0) is 21.3. The maximum absolute atomic E-state index is 12.5. The molecule has 0 unspecified atom stereocenters. The normalized spacial score (nSPS) is 13.6. The number of nitrogens with one attached hydrogen (secondary N) is 1. The highest BCUT2D eigenvalue weighted by molar-refractivity contribution is 6.30. The lowest BCUT2D eigenvalue weighted by Gasteiger charge is -2.26. The third-order valence-corrected chi connectivity index (χ3v) is 5.18. The minimum Gasteiger partial charge on any atom is -0.490 e. The highest BCUT2D eigenvalue weighted by Gasteiger charge is 2.18. The molecule has 1 heterocycles. The molecule has 160 valence electrons. The molecule has 0 radical (unpaired) electrons. The predicted octanol–water partition coefficient (Wildman–Crippen LogP) is 4.06. The number of piperidine rings is 1. The molecule has 0 aromatic heterocycles. The third kappa shape index (κ3) is 6.13. The van der Waals surface area contributed by atoms with Gasteiger partial charge in [0.2, 0.25) is 0 Å². The van der Waals surface area contributed by atoms with Crippen LogP contribution in [0.1, 0.15) is 42.1 Å². The van der Waals surface area contributed by atoms with E-state index in [1.807, 2.05) is 24.0 Å². The van der Waals surface area contributed by atoms with Gasteiger partial charge in [0.25, 0.3) is 11.8 Å². The molecule has 0 atom stereocenters. The molecule has 1 aliphatic heterocycles. The summed E-state index contributed by atoms with van der Waals surface area (Å²) >= 11 is 5.88. The molecule has 0 aliphatic carbocycles. The van der Waals surface area contributed by atoms with Crippen molar-refractivity contribution in [3.05, 3.63) is 58.6 Å². The number of likely N-dealkylation sites (tertiary alicyclic amines) is 1. The maximum atomic E-state index is 12.5. The summed E-state index contributed by atoms with van der Waals surface area (Å²) in [6.07, 6.45) is 3.24. The van der Waals surface area contributed by atoms with Crippen molar-refractivity contribution in [3.63, 3.8) is 0 Å². The van der Waals surface area contributed by atoms with Crippen LogP contribution in [0.4, 0.5) is 0 Å². The van der Waals surface area contributed by atoms with E-state index in [1.54, 1.807) is 30.3 Å². The first kappa shape index (κ1) is 22.0. The first-order valence-corrected chi connectivity index (χ1v) is 10.6. The number of nitrogens with zero attached hydrogens (tertiary/aromatic N) is 1. The summed E-state index contributed by atoms with van der Waals surface area (Å²) in [6, 6.07) is 12.3. The van der Waals surface area contributed by atoms with Crippen LogP contribution in [0.5, 0.6) is 11.5 Å². The van der Waals surface area contributed by atoms with Crippen molar-refractivity contribution in [3.8, 4) is 11.5 Å². The Kier molecular flexibility index (Phi) is 7.97. The van der Waals surface area contributed by atoms with E-state index in [9.17, 15) is 9.59 Å². The molecule has 2 amide bonds. The lowest BCUT2D eigenvalue weighted by Crippen LogP contribution is -2.38. The second-order valence-electron chi connectivity index (χ2n) is 7.13. The second kappa shape index (κ2) is 10.9. The summed E-state index contributed by atoms with van der Waals surface area (Å²) in [4.78, 5) is 26.7. The number of amides is 2. The number of halogens is 1. The van der Waals surface area contributed by atoms with Crippen LogP contribution >= 0.6 is 11.6 Å². The van der Waals surface area contributed by atoms with Crippen LogP contribution in [0.15, 0.2) is 42.5 Å². The second-order valence-corrected chi connectivity index (χ2v) is 7.57. The van der Waals surface area contributed by atoms with Crippen molar-refractivity contribution >= 4 is 23.4 Å². The topological polar surface area (TPSA) is 67.9 Å². The zero-order valence-corrected chi connectivity index (χ0v) is 17.9. The predicted molar refractivity (Wildman–Crippen MR) is 116 cm³/mol. The van der Waals surface area contributed by atoms with Gasteiger partial charge in [0, 0.05) is 30.2 Å². The first-order chi connectivity index (χ1) is 14.6. The molecule has 0 spiro atoms. The SMILES string of the molecule is CCOc1cc(C(=O)NCc2ccc(Cl)cc2)ccc1OCC(=O)N1CCCCC1. The lowest BCUT2D eigenvalue weighted by atomic mass is 10.1. The quantitative estimate of drug-likeness (QED) is 0.685. The number of rotatable bonds is 8. The largest absolute Gasteiger partial charge is 0.490 e. The molecular weight excluding hydrogens is 404 g/mol. The summed E-state index contributed by atoms with van der Waals surface area (Å²) in [6.45, 7) is 4.20. The molecule has 2 aromatic carbocycles. The van der Waals surface area contributed by atoms with E-state index >= 15 is 0 Å². The average molecular weight is 431 g/mol. The molecule has 0 saturated carbocycles. The number of benzene rings is 2. The fourth-order valence-electron chi connectivity index (χ4n) is 3.30. The van der Waals surface area contributed by atoms with Gasteiger partial charge in [-0.15, -0.1) is 0 Å². The van der Waals surface area contributed by atoms with Gasteiger partial charge in [-0.3, -0.25) is 9.59 Å². The maximum Gasteiger partial charge on any atom is 0.260 e. The number of ether oxygens (including phenoxy) is 2. The van der Waals surface area contributed by atoms with E-state index < -0.39 is 0 Å². The molecule has 7 heteroatoms. The van der Waals surface area contributed by atoms with E-state index in [0.717, 1.165) is 31.5 Å². The molecule has 6 nitrogen and oxygen atoms in total. The fourth-order valence-corrected chi connectivity index (χ4v) is 3.42. The Morgan fingerprint density at radius 1 is 1.00 bits per heavy atom. The van der Waals surface area contributed by atoms with E-state index in [0.29, 0.717) is 35.2 Å². The van der Waals surface area contributed by atoms with Gasteiger partial charge in [-0.25, -0.2) is 0 Å². The Labute approximate surface area is 182 Å².